The number of halogens is 2. The van der Waals surface area contributed by atoms with Crippen LogP contribution in [0.15, 0.2) is 45.6 Å². The maximum Gasteiger partial charge on any atom is 0.200 e. The highest BCUT2D eigenvalue weighted by Gasteiger charge is 2.17. The molecular formula is C25H32Cl2N2O5. The van der Waals surface area contributed by atoms with Gasteiger partial charge in [0.25, 0.3) is 0 Å². The second-order valence-corrected chi connectivity index (χ2v) is 8.08. The molecule has 3 aromatic rings. The molecule has 2 aromatic carbocycles. The molecule has 1 saturated heterocycles. The van der Waals surface area contributed by atoms with Crippen LogP contribution in [0.4, 0.5) is 0 Å². The molecule has 186 valence electrons. The standard InChI is InChI=1S/C25H30N2O5.2ClH/c1-17-24(18-5-8-21(29-3)23(15-18)30-4)25(28)20-7-6-19(16-22(20)32-17)31-14-13-27-11-9-26(2)10-12-27;;/h5-8,15-16H,9-14H2,1-4H3;2*1H. The average Bonchev–Trinajstić information content (AvgIpc) is 2.80. The van der Waals surface area contributed by atoms with Gasteiger partial charge in [0, 0.05) is 38.8 Å². The number of methoxy groups -OCH3 is 2. The highest BCUT2D eigenvalue weighted by Crippen LogP contribution is 2.33. The Labute approximate surface area is 212 Å². The molecule has 1 aliphatic rings. The minimum atomic E-state index is -0.0834. The Kier molecular flexibility index (Phi) is 10.1. The first-order chi connectivity index (χ1) is 15.5. The zero-order valence-electron chi connectivity index (χ0n) is 20.0. The highest BCUT2D eigenvalue weighted by atomic mass is 35.5. The van der Waals surface area contributed by atoms with Crippen molar-refractivity contribution in [2.75, 3.05) is 60.6 Å². The lowest BCUT2D eigenvalue weighted by Crippen LogP contribution is -2.45. The highest BCUT2D eigenvalue weighted by molar-refractivity contribution is 5.86. The van der Waals surface area contributed by atoms with E-state index >= 15 is 0 Å². The van der Waals surface area contributed by atoms with Crippen LogP contribution in [0.3, 0.4) is 0 Å². The number of piperazine rings is 1. The molecule has 0 amide bonds. The lowest BCUT2D eigenvalue weighted by molar-refractivity contribution is 0.134. The third kappa shape index (κ3) is 5.96. The monoisotopic (exact) mass is 510 g/mol. The fraction of sp³-hybridized carbons (Fsp3) is 0.400. The summed E-state index contributed by atoms with van der Waals surface area (Å²) in [5.74, 6) is 2.42. The van der Waals surface area contributed by atoms with Gasteiger partial charge in [-0.2, -0.15) is 0 Å². The molecule has 7 nitrogen and oxygen atoms in total. The minimum absolute atomic E-state index is 0. The lowest BCUT2D eigenvalue weighted by Gasteiger charge is -2.32. The molecule has 0 bridgehead atoms. The second kappa shape index (κ2) is 12.3. The van der Waals surface area contributed by atoms with Crippen molar-refractivity contribution in [3.8, 4) is 28.4 Å². The fourth-order valence-electron chi connectivity index (χ4n) is 4.07. The van der Waals surface area contributed by atoms with Crippen LogP contribution in [-0.4, -0.2) is 70.4 Å². The average molecular weight is 511 g/mol. The second-order valence-electron chi connectivity index (χ2n) is 8.08. The van der Waals surface area contributed by atoms with Crippen molar-refractivity contribution in [1.29, 1.82) is 0 Å². The summed E-state index contributed by atoms with van der Waals surface area (Å²) in [5, 5.41) is 0.520. The number of ether oxygens (including phenoxy) is 3. The SMILES string of the molecule is COc1ccc(-c2c(C)oc3cc(OCCN4CCN(C)CC4)ccc3c2=O)cc1OC.Cl.Cl. The summed E-state index contributed by atoms with van der Waals surface area (Å²) in [7, 11) is 5.30. The quantitative estimate of drug-likeness (QED) is 0.470. The van der Waals surface area contributed by atoms with Crippen LogP contribution in [0.2, 0.25) is 0 Å². The fourth-order valence-corrected chi connectivity index (χ4v) is 4.07. The van der Waals surface area contributed by atoms with E-state index in [2.05, 4.69) is 16.8 Å². The van der Waals surface area contributed by atoms with Gasteiger partial charge in [-0.3, -0.25) is 9.69 Å². The number of rotatable bonds is 7. The van der Waals surface area contributed by atoms with Crippen molar-refractivity contribution in [3.05, 3.63) is 52.4 Å². The van der Waals surface area contributed by atoms with E-state index in [0.717, 1.165) is 38.3 Å². The molecule has 0 atom stereocenters. The predicted octanol–water partition coefficient (Wildman–Crippen LogP) is 4.26. The van der Waals surface area contributed by atoms with Crippen molar-refractivity contribution in [2.45, 2.75) is 6.92 Å². The molecule has 9 heteroatoms. The molecule has 1 fully saturated rings. The van der Waals surface area contributed by atoms with Crippen LogP contribution >= 0.6 is 24.8 Å². The number of likely N-dealkylation sites (N-methyl/N-ethyl adjacent to an activating group) is 1. The molecule has 1 aromatic heterocycles. The van der Waals surface area contributed by atoms with Crippen molar-refractivity contribution < 1.29 is 18.6 Å². The number of benzene rings is 2. The molecule has 0 radical (unpaired) electrons. The van der Waals surface area contributed by atoms with Gasteiger partial charge >= 0.3 is 0 Å². The van der Waals surface area contributed by atoms with Crippen molar-refractivity contribution in [3.63, 3.8) is 0 Å². The van der Waals surface area contributed by atoms with E-state index in [9.17, 15) is 4.79 Å². The molecular weight excluding hydrogens is 479 g/mol. The molecule has 34 heavy (non-hydrogen) atoms. The maximum atomic E-state index is 13.3. The van der Waals surface area contributed by atoms with E-state index in [1.165, 1.54) is 0 Å². The third-order valence-electron chi connectivity index (χ3n) is 5.98. The van der Waals surface area contributed by atoms with Crippen molar-refractivity contribution in [2.24, 2.45) is 0 Å². The van der Waals surface area contributed by atoms with Gasteiger partial charge in [0.1, 0.15) is 23.7 Å². The van der Waals surface area contributed by atoms with Gasteiger partial charge in [-0.25, -0.2) is 0 Å². The Bertz CT molecular complexity index is 1160. The van der Waals surface area contributed by atoms with E-state index < -0.39 is 0 Å². The van der Waals surface area contributed by atoms with Gasteiger partial charge in [0.15, 0.2) is 11.5 Å². The summed E-state index contributed by atoms with van der Waals surface area (Å²) >= 11 is 0. The first-order valence-corrected chi connectivity index (χ1v) is 10.8. The Hall–Kier alpha value is -2.45. The summed E-state index contributed by atoms with van der Waals surface area (Å²) < 4.78 is 22.7. The van der Waals surface area contributed by atoms with Crippen LogP contribution in [0.5, 0.6) is 17.2 Å². The molecule has 0 N–H and O–H groups in total. The normalized spacial score (nSPS) is 14.2. The van der Waals surface area contributed by atoms with Crippen LogP contribution < -0.4 is 19.6 Å². The Balaban J connectivity index is 0.00000204. The van der Waals surface area contributed by atoms with Gasteiger partial charge in [-0.05, 0) is 43.8 Å². The summed E-state index contributed by atoms with van der Waals surface area (Å²) in [4.78, 5) is 18.0. The molecule has 0 spiro atoms. The molecule has 0 aliphatic carbocycles. The first-order valence-electron chi connectivity index (χ1n) is 10.8. The van der Waals surface area contributed by atoms with E-state index in [1.54, 1.807) is 45.4 Å². The number of hydrogen-bond acceptors (Lipinski definition) is 7. The maximum absolute atomic E-state index is 13.3. The molecule has 1 aliphatic heterocycles. The summed E-state index contributed by atoms with van der Waals surface area (Å²) in [6.45, 7) is 7.57. The zero-order valence-corrected chi connectivity index (χ0v) is 21.6. The number of nitrogens with zero attached hydrogens (tertiary/aromatic N) is 2. The van der Waals surface area contributed by atoms with Crippen LogP contribution in [-0.2, 0) is 0 Å². The van der Waals surface area contributed by atoms with Gasteiger partial charge in [-0.15, -0.1) is 24.8 Å². The van der Waals surface area contributed by atoms with Crippen LogP contribution in [0, 0.1) is 6.92 Å². The summed E-state index contributed by atoms with van der Waals surface area (Å²) in [5.41, 5.74) is 1.68. The molecule has 2 heterocycles. The minimum Gasteiger partial charge on any atom is -0.493 e. The first kappa shape index (κ1) is 27.8. The predicted molar refractivity (Wildman–Crippen MR) is 140 cm³/mol. The zero-order chi connectivity index (χ0) is 22.7. The number of hydrogen-bond donors (Lipinski definition) is 0. The third-order valence-corrected chi connectivity index (χ3v) is 5.98. The van der Waals surface area contributed by atoms with E-state index in [1.807, 2.05) is 12.1 Å². The van der Waals surface area contributed by atoms with Gasteiger partial charge in [0.2, 0.25) is 5.43 Å². The molecule has 0 unspecified atom stereocenters. The Morgan fingerprint density at radius 3 is 2.32 bits per heavy atom. The lowest BCUT2D eigenvalue weighted by atomic mass is 10.0. The Morgan fingerprint density at radius 2 is 1.65 bits per heavy atom. The van der Waals surface area contributed by atoms with Crippen LogP contribution in [0.1, 0.15) is 5.76 Å². The summed E-state index contributed by atoms with van der Waals surface area (Å²) in [6.07, 6.45) is 0. The molecule has 0 saturated carbocycles. The largest absolute Gasteiger partial charge is 0.493 e. The summed E-state index contributed by atoms with van der Waals surface area (Å²) in [6, 6.07) is 10.8. The smallest absolute Gasteiger partial charge is 0.200 e. The number of fused-ring (bicyclic) bond motifs is 1. The molecule has 4 rings (SSSR count). The van der Waals surface area contributed by atoms with Gasteiger partial charge in [-0.1, -0.05) is 6.07 Å². The Morgan fingerprint density at radius 1 is 0.941 bits per heavy atom. The van der Waals surface area contributed by atoms with Gasteiger partial charge < -0.3 is 23.5 Å². The van der Waals surface area contributed by atoms with Gasteiger partial charge in [0.05, 0.1) is 25.2 Å². The number of aryl methyl sites for hydroxylation is 1. The van der Waals surface area contributed by atoms with E-state index in [-0.39, 0.29) is 30.2 Å². The van der Waals surface area contributed by atoms with E-state index in [0.29, 0.717) is 46.1 Å². The topological polar surface area (TPSA) is 64.4 Å². The van der Waals surface area contributed by atoms with Crippen LogP contribution in [0.25, 0.3) is 22.1 Å². The van der Waals surface area contributed by atoms with Crippen molar-refractivity contribution in [1.82, 2.24) is 9.80 Å². The van der Waals surface area contributed by atoms with Crippen molar-refractivity contribution >= 4 is 35.8 Å². The van der Waals surface area contributed by atoms with E-state index in [4.69, 9.17) is 18.6 Å².